The van der Waals surface area contributed by atoms with E-state index in [-0.39, 0.29) is 22.7 Å². The first-order valence-electron chi connectivity index (χ1n) is 23.1. The van der Waals surface area contributed by atoms with E-state index in [0.717, 1.165) is 42.7 Å². The number of fused-ring (bicyclic) bond motifs is 4. The number of phenolic OH excluding ortho intramolecular Hbond substituents is 2. The third-order valence-corrected chi connectivity index (χ3v) is 16.0. The second kappa shape index (κ2) is 20.9. The molecule has 0 aliphatic carbocycles. The number of benzene rings is 9. The summed E-state index contributed by atoms with van der Waals surface area (Å²) in [5.41, 5.74) is -2.26. The molecule has 0 spiro atoms. The largest absolute Gasteiger partial charge is 0.505 e. The molecule has 10 N–H and O–H groups in total. The number of anilines is 7. The van der Waals surface area contributed by atoms with Crippen LogP contribution in [0.25, 0.3) is 43.1 Å². The first-order chi connectivity index (χ1) is 38.6. The van der Waals surface area contributed by atoms with Crippen molar-refractivity contribution in [1.29, 1.82) is 0 Å². The number of hydrogen-bond acceptors (Lipinski definition) is 22. The molecule has 0 aliphatic rings. The van der Waals surface area contributed by atoms with E-state index in [1.54, 1.807) is 72.8 Å². The molecule has 1 heterocycles. The van der Waals surface area contributed by atoms with E-state index in [1.165, 1.54) is 36.4 Å². The van der Waals surface area contributed by atoms with Crippen LogP contribution in [0.5, 0.6) is 11.5 Å². The summed E-state index contributed by atoms with van der Waals surface area (Å²) < 4.78 is 171. The highest BCUT2D eigenvalue weighted by atomic mass is 32.2. The molecule has 0 atom stereocenters. The van der Waals surface area contributed by atoms with Crippen molar-refractivity contribution in [3.63, 3.8) is 0 Å². The molecule has 82 heavy (non-hydrogen) atoms. The van der Waals surface area contributed by atoms with Crippen LogP contribution < -0.4 is 20.7 Å². The van der Waals surface area contributed by atoms with Gasteiger partial charge in [0.25, 0.3) is 40.5 Å². The fourth-order valence-electron chi connectivity index (χ4n) is 8.59. The van der Waals surface area contributed by atoms with Crippen molar-refractivity contribution in [3.8, 4) is 11.5 Å². The van der Waals surface area contributed by atoms with E-state index < -0.39 is 144 Å². The van der Waals surface area contributed by atoms with Crippen molar-refractivity contribution in [2.24, 2.45) is 20.5 Å². The predicted molar refractivity (Wildman–Crippen MR) is 301 cm³/mol. The van der Waals surface area contributed by atoms with E-state index in [9.17, 15) is 70.5 Å². The van der Waals surface area contributed by atoms with Crippen LogP contribution in [0.15, 0.2) is 186 Å². The van der Waals surface area contributed by atoms with Crippen LogP contribution >= 0.6 is 0 Å². The van der Waals surface area contributed by atoms with Crippen molar-refractivity contribution in [2.45, 2.75) is 19.6 Å². The number of nitrogens with zero attached hydrogens (tertiary/aromatic N) is 7. The highest BCUT2D eigenvalue weighted by Gasteiger charge is 2.29. The maximum atomic E-state index is 13.0. The van der Waals surface area contributed by atoms with Gasteiger partial charge in [0.15, 0.2) is 11.5 Å². The number of hydrogen-bond donors (Lipinski definition) is 10. The molecule has 10 rings (SSSR count). The van der Waals surface area contributed by atoms with E-state index in [1.807, 2.05) is 0 Å². The van der Waals surface area contributed by atoms with Crippen molar-refractivity contribution in [2.75, 3.05) is 26.9 Å². The SMILES string of the molecule is CS(=O)(=O)Nc1cccc(Nc2nc(Nc3cc(S(=O)(=O)O)cc4cc(S(=O)(=O)O)c(N=Nc5cccc6ccccc56)c(O)c34)nc(Nc3cc(S(=O)(=O)O)cc4cc(S(=O)(=O)O)c(N=Nc5cccc6ccccc56)c(O)c34)n2)c1. The summed E-state index contributed by atoms with van der Waals surface area (Å²) in [6.07, 6.45) is 0.896. The van der Waals surface area contributed by atoms with Gasteiger partial charge in [-0.3, -0.25) is 22.9 Å². The fourth-order valence-corrected chi connectivity index (χ4v) is 11.5. The van der Waals surface area contributed by atoms with Gasteiger partial charge in [0, 0.05) is 27.2 Å². The van der Waals surface area contributed by atoms with Crippen LogP contribution in [0.1, 0.15) is 0 Å². The number of nitrogens with one attached hydrogen (secondary N) is 4. The Morgan fingerprint density at radius 3 is 1.21 bits per heavy atom. The second-order valence-electron chi connectivity index (χ2n) is 17.7. The van der Waals surface area contributed by atoms with Gasteiger partial charge >= 0.3 is 0 Å². The standard InChI is InChI=1S/C50H37N11O16S5/c1-78(64,65)61-31-14-8-13-30(23-31)51-48-54-49(52-38-24-32(79(66,67)68)19-28-21-40(81(72,73)74)44(46(62)42(28)38)59-57-36-17-6-11-26-9-2-4-15-34(26)36)56-50(55-48)53-39-25-33(80(69,70)71)20-29-22-41(82(75,76)77)45(47(63)43(29)39)60-58-37-18-7-12-27-10-3-5-16-35(27)37/h2-25,61-63H,1H3,(H,66,67,68)(H,69,70,71)(H,72,73,74)(H,75,76,77)(H3,51,52,53,54,55,56). The zero-order chi connectivity index (χ0) is 58.7. The summed E-state index contributed by atoms with van der Waals surface area (Å²) in [6.45, 7) is 0. The summed E-state index contributed by atoms with van der Waals surface area (Å²) in [5.74, 6) is -3.85. The minimum absolute atomic E-state index is 0.0431. The van der Waals surface area contributed by atoms with Gasteiger partial charge in [0.2, 0.25) is 27.9 Å². The van der Waals surface area contributed by atoms with Crippen molar-refractivity contribution < 1.29 is 70.5 Å². The molecule has 0 aliphatic heterocycles. The molecule has 0 saturated carbocycles. The van der Waals surface area contributed by atoms with Crippen LogP contribution in [0.3, 0.4) is 0 Å². The van der Waals surface area contributed by atoms with Crippen molar-refractivity contribution in [3.05, 3.63) is 146 Å². The Labute approximate surface area is 463 Å². The Morgan fingerprint density at radius 2 is 0.793 bits per heavy atom. The van der Waals surface area contributed by atoms with Crippen LogP contribution in [-0.4, -0.2) is 91.7 Å². The van der Waals surface area contributed by atoms with Gasteiger partial charge in [-0.15, -0.1) is 20.5 Å². The molecule has 1 aromatic heterocycles. The van der Waals surface area contributed by atoms with E-state index in [4.69, 9.17) is 0 Å². The first-order valence-corrected chi connectivity index (χ1v) is 30.7. The van der Waals surface area contributed by atoms with Crippen molar-refractivity contribution >= 4 is 157 Å². The molecule has 0 radical (unpaired) electrons. The Morgan fingerprint density at radius 1 is 0.402 bits per heavy atom. The summed E-state index contributed by atoms with van der Waals surface area (Å²) in [6, 6.07) is 33.7. The van der Waals surface area contributed by atoms with Gasteiger partial charge in [-0.1, -0.05) is 78.9 Å². The monoisotopic (exact) mass is 1210 g/mol. The van der Waals surface area contributed by atoms with Gasteiger partial charge in [0.05, 0.1) is 44.5 Å². The van der Waals surface area contributed by atoms with Crippen molar-refractivity contribution in [1.82, 2.24) is 15.0 Å². The Balaban J connectivity index is 1.18. The summed E-state index contributed by atoms with van der Waals surface area (Å²) in [7, 11) is -24.9. The minimum Gasteiger partial charge on any atom is -0.505 e. The summed E-state index contributed by atoms with van der Waals surface area (Å²) >= 11 is 0. The zero-order valence-corrected chi connectivity index (χ0v) is 45.4. The van der Waals surface area contributed by atoms with Gasteiger partial charge in [-0.2, -0.15) is 48.6 Å². The second-order valence-corrected chi connectivity index (χ2v) is 25.1. The first kappa shape index (κ1) is 55.9. The lowest BCUT2D eigenvalue weighted by atomic mass is 10.1. The molecule has 0 amide bonds. The quantitative estimate of drug-likeness (QED) is 0.0317. The van der Waals surface area contributed by atoms with E-state index >= 15 is 0 Å². The van der Waals surface area contributed by atoms with Crippen LogP contribution in [0, 0.1) is 0 Å². The normalized spacial score (nSPS) is 12.7. The maximum absolute atomic E-state index is 13.0. The molecule has 32 heteroatoms. The smallest absolute Gasteiger partial charge is 0.296 e. The lowest BCUT2D eigenvalue weighted by Gasteiger charge is -2.17. The van der Waals surface area contributed by atoms with E-state index in [0.29, 0.717) is 21.5 Å². The molecule has 418 valence electrons. The third-order valence-electron chi connectivity index (χ3n) is 12.0. The predicted octanol–water partition coefficient (Wildman–Crippen LogP) is 10.3. The number of sulfonamides is 1. The van der Waals surface area contributed by atoms with Gasteiger partial charge in [-0.05, 0) is 88.3 Å². The molecule has 10 aromatic rings. The molecule has 0 fully saturated rings. The van der Waals surface area contributed by atoms with E-state index in [2.05, 4.69) is 56.1 Å². The lowest BCUT2D eigenvalue weighted by molar-refractivity contribution is 0.471. The molecule has 0 unspecified atom stereocenters. The maximum Gasteiger partial charge on any atom is 0.296 e. The summed E-state index contributed by atoms with van der Waals surface area (Å²) in [4.78, 5) is 9.07. The van der Waals surface area contributed by atoms with Gasteiger partial charge in [-0.25, -0.2) is 8.42 Å². The lowest BCUT2D eigenvalue weighted by Crippen LogP contribution is -2.10. The number of phenols is 2. The highest BCUT2D eigenvalue weighted by molar-refractivity contribution is 7.92. The molecule has 0 saturated heterocycles. The van der Waals surface area contributed by atoms with Crippen LogP contribution in [0.2, 0.25) is 0 Å². The van der Waals surface area contributed by atoms with Crippen LogP contribution in [-0.2, 0) is 50.5 Å². The van der Waals surface area contributed by atoms with Crippen LogP contribution in [0.4, 0.5) is 63.3 Å². The van der Waals surface area contributed by atoms with Gasteiger partial charge in [0.1, 0.15) is 21.2 Å². The Bertz CT molecular complexity index is 4740. The topological polar surface area (TPSA) is 428 Å². The molecule has 0 bridgehead atoms. The highest BCUT2D eigenvalue weighted by Crippen LogP contribution is 2.48. The third kappa shape index (κ3) is 11.9. The number of aromatic nitrogens is 3. The molecule has 27 nitrogen and oxygen atoms in total. The Hall–Kier alpha value is -9.38. The zero-order valence-electron chi connectivity index (χ0n) is 41.3. The summed E-state index contributed by atoms with van der Waals surface area (Å²) in [5, 5.41) is 49.3. The minimum atomic E-state index is -5.32. The fraction of sp³-hybridized carbons (Fsp3) is 0.0200. The van der Waals surface area contributed by atoms with Gasteiger partial charge < -0.3 is 26.2 Å². The molecule has 9 aromatic carbocycles. The average Bonchev–Trinajstić information content (AvgIpc) is 3.48. The molecular weight excluding hydrogens is 1170 g/mol. The average molecular weight is 1210 g/mol. The molecular formula is C50H37N11O16S5. The number of azo groups is 2. The Kier molecular flexibility index (Phi) is 14.3. The number of aromatic hydroxyl groups is 2. The number of rotatable bonds is 16.